The summed E-state index contributed by atoms with van der Waals surface area (Å²) in [5.74, 6) is 1.67. The first-order chi connectivity index (χ1) is 17.7. The number of hydrogen-bond acceptors (Lipinski definition) is 7. The molecule has 0 aromatic heterocycles. The summed E-state index contributed by atoms with van der Waals surface area (Å²) in [5, 5.41) is 7.45. The molecule has 2 rings (SSSR count). The first kappa shape index (κ1) is 31.3. The van der Waals surface area contributed by atoms with Crippen LogP contribution in [0.4, 0.5) is 0 Å². The minimum atomic E-state index is -1.88. The molecule has 0 bridgehead atoms. The highest BCUT2D eigenvalue weighted by Gasteiger charge is 2.37. The van der Waals surface area contributed by atoms with E-state index in [0.717, 1.165) is 29.2 Å². The minimum absolute atomic E-state index is 0.116. The summed E-state index contributed by atoms with van der Waals surface area (Å²) >= 11 is 0. The van der Waals surface area contributed by atoms with Crippen molar-refractivity contribution in [3.05, 3.63) is 59.7 Å². The average Bonchev–Trinajstić information content (AvgIpc) is 2.86. The summed E-state index contributed by atoms with van der Waals surface area (Å²) in [4.78, 5) is 0. The van der Waals surface area contributed by atoms with Crippen molar-refractivity contribution in [3.8, 4) is 11.5 Å². The number of nitrogens with one attached hydrogen (secondary N) is 2. The van der Waals surface area contributed by atoms with Crippen molar-refractivity contribution in [1.82, 2.24) is 10.6 Å². The fraction of sp³-hybridized carbons (Fsp3) is 0.586. The maximum absolute atomic E-state index is 6.59. The Balaban J connectivity index is 2.03. The van der Waals surface area contributed by atoms with E-state index in [2.05, 4.69) is 56.6 Å². The molecule has 0 fully saturated rings. The number of rotatable bonds is 18. The van der Waals surface area contributed by atoms with Gasteiger partial charge in [-0.3, -0.25) is 0 Å². The topological polar surface area (TPSA) is 70.2 Å². The second kappa shape index (κ2) is 16.1. The van der Waals surface area contributed by atoms with Gasteiger partial charge in [-0.25, -0.2) is 0 Å². The second-order valence-corrected chi connectivity index (χ2v) is 15.3. The molecule has 0 spiro atoms. The van der Waals surface area contributed by atoms with E-state index < -0.39 is 8.32 Å². The van der Waals surface area contributed by atoms with Gasteiger partial charge in [0.25, 0.3) is 0 Å². The minimum Gasteiger partial charge on any atom is -0.467 e. The molecule has 0 aliphatic carbocycles. The van der Waals surface area contributed by atoms with E-state index in [1.165, 1.54) is 0 Å². The third-order valence-corrected chi connectivity index (χ3v) is 11.2. The molecule has 0 heterocycles. The van der Waals surface area contributed by atoms with Gasteiger partial charge in [0.2, 0.25) is 0 Å². The van der Waals surface area contributed by atoms with Gasteiger partial charge in [-0.2, -0.15) is 0 Å². The normalized spacial score (nSPS) is 12.9. The zero-order valence-corrected chi connectivity index (χ0v) is 24.9. The van der Waals surface area contributed by atoms with E-state index in [-0.39, 0.29) is 24.7 Å². The Labute approximate surface area is 225 Å². The Bertz CT molecular complexity index is 904. The van der Waals surface area contributed by atoms with Crippen LogP contribution in [0.1, 0.15) is 45.7 Å². The second-order valence-electron chi connectivity index (χ2n) is 10.5. The maximum atomic E-state index is 6.59. The number of ether oxygens (including phenoxy) is 4. The van der Waals surface area contributed by atoms with Gasteiger partial charge >= 0.3 is 0 Å². The zero-order chi connectivity index (χ0) is 27.2. The Morgan fingerprint density at radius 3 is 1.81 bits per heavy atom. The molecule has 208 valence electrons. The van der Waals surface area contributed by atoms with E-state index in [4.69, 9.17) is 23.4 Å². The lowest BCUT2D eigenvalue weighted by atomic mass is 10.1. The highest BCUT2D eigenvalue weighted by atomic mass is 28.4. The van der Waals surface area contributed by atoms with Crippen LogP contribution in [0.15, 0.2) is 48.5 Å². The molecular formula is C29H48N2O5Si. The van der Waals surface area contributed by atoms with E-state index >= 15 is 0 Å². The number of benzene rings is 2. The summed E-state index contributed by atoms with van der Waals surface area (Å²) in [6, 6.07) is 16.3. The molecule has 37 heavy (non-hydrogen) atoms. The fourth-order valence-electron chi connectivity index (χ4n) is 3.31. The number of hydrogen-bond donors (Lipinski definition) is 2. The van der Waals surface area contributed by atoms with E-state index in [0.29, 0.717) is 32.9 Å². The van der Waals surface area contributed by atoms with Crippen molar-refractivity contribution in [1.29, 1.82) is 0 Å². The highest BCUT2D eigenvalue weighted by molar-refractivity contribution is 6.74. The van der Waals surface area contributed by atoms with Gasteiger partial charge in [0, 0.05) is 50.0 Å². The first-order valence-electron chi connectivity index (χ1n) is 13.3. The molecule has 2 aromatic carbocycles. The van der Waals surface area contributed by atoms with Crippen LogP contribution in [0.2, 0.25) is 18.1 Å². The Morgan fingerprint density at radius 1 is 0.784 bits per heavy atom. The molecule has 0 radical (unpaired) electrons. The number of para-hydroxylation sites is 2. The van der Waals surface area contributed by atoms with Crippen LogP contribution in [0.5, 0.6) is 11.5 Å². The maximum Gasteiger partial charge on any atom is 0.192 e. The molecule has 1 unspecified atom stereocenters. The van der Waals surface area contributed by atoms with Gasteiger partial charge in [-0.1, -0.05) is 57.2 Å². The van der Waals surface area contributed by atoms with Crippen LogP contribution in [-0.2, 0) is 27.0 Å². The van der Waals surface area contributed by atoms with Crippen LogP contribution in [0.3, 0.4) is 0 Å². The van der Waals surface area contributed by atoms with Crippen LogP contribution < -0.4 is 20.1 Å². The molecule has 7 nitrogen and oxygen atoms in total. The summed E-state index contributed by atoms with van der Waals surface area (Å²) in [6.07, 6.45) is 0. The van der Waals surface area contributed by atoms with Crippen molar-refractivity contribution >= 4 is 8.32 Å². The fourth-order valence-corrected chi connectivity index (χ4v) is 4.36. The zero-order valence-electron chi connectivity index (χ0n) is 23.9. The monoisotopic (exact) mass is 532 g/mol. The quantitative estimate of drug-likeness (QED) is 0.145. The lowest BCUT2D eigenvalue weighted by molar-refractivity contribution is 0.0215. The van der Waals surface area contributed by atoms with Gasteiger partial charge < -0.3 is 34.0 Å². The van der Waals surface area contributed by atoms with Crippen LogP contribution >= 0.6 is 0 Å². The van der Waals surface area contributed by atoms with Gasteiger partial charge in [0.15, 0.2) is 21.9 Å². The van der Waals surface area contributed by atoms with E-state index in [1.807, 2.05) is 50.2 Å². The molecule has 1 atom stereocenters. The smallest absolute Gasteiger partial charge is 0.192 e. The summed E-state index contributed by atoms with van der Waals surface area (Å²) in [6.45, 7) is 19.8. The summed E-state index contributed by atoms with van der Waals surface area (Å²) in [7, 11) is -1.88. The van der Waals surface area contributed by atoms with Crippen molar-refractivity contribution < 1.29 is 23.4 Å². The molecule has 2 aromatic rings. The molecule has 0 amide bonds. The average molecular weight is 533 g/mol. The van der Waals surface area contributed by atoms with Gasteiger partial charge in [0.05, 0.1) is 6.61 Å². The van der Waals surface area contributed by atoms with E-state index in [1.54, 1.807) is 0 Å². The van der Waals surface area contributed by atoms with Crippen molar-refractivity contribution in [2.45, 2.75) is 71.9 Å². The molecule has 8 heteroatoms. The van der Waals surface area contributed by atoms with Crippen molar-refractivity contribution in [3.63, 3.8) is 0 Å². The summed E-state index contributed by atoms with van der Waals surface area (Å²) < 4.78 is 29.0. The molecule has 2 N–H and O–H groups in total. The third kappa shape index (κ3) is 11.1. The summed E-state index contributed by atoms with van der Waals surface area (Å²) in [5.41, 5.74) is 2.19. The molecule has 0 aliphatic heterocycles. The predicted octanol–water partition coefficient (Wildman–Crippen LogP) is 5.70. The van der Waals surface area contributed by atoms with Crippen LogP contribution in [0.25, 0.3) is 0 Å². The van der Waals surface area contributed by atoms with Crippen LogP contribution in [0, 0.1) is 0 Å². The molecule has 0 saturated heterocycles. The first-order valence-corrected chi connectivity index (χ1v) is 16.2. The van der Waals surface area contributed by atoms with Gasteiger partial charge in [-0.05, 0) is 44.1 Å². The van der Waals surface area contributed by atoms with E-state index in [9.17, 15) is 0 Å². The van der Waals surface area contributed by atoms with Crippen LogP contribution in [-0.4, -0.2) is 54.3 Å². The van der Waals surface area contributed by atoms with Gasteiger partial charge in [0.1, 0.15) is 11.5 Å². The third-order valence-electron chi connectivity index (χ3n) is 6.69. The molecule has 0 saturated carbocycles. The van der Waals surface area contributed by atoms with Gasteiger partial charge in [-0.15, -0.1) is 0 Å². The van der Waals surface area contributed by atoms with Crippen molar-refractivity contribution in [2.24, 2.45) is 0 Å². The Morgan fingerprint density at radius 2 is 1.30 bits per heavy atom. The van der Waals surface area contributed by atoms with Crippen molar-refractivity contribution in [2.75, 3.05) is 40.0 Å². The SMILES string of the molecule is CCOCOc1ccccc1CNCC(CO[Si](C)(C)C(C)(C)C)NCc1ccccc1OCOCC. The lowest BCUT2D eigenvalue weighted by Gasteiger charge is -2.37. The largest absolute Gasteiger partial charge is 0.467 e. The Hall–Kier alpha value is -1.94. The predicted molar refractivity (Wildman–Crippen MR) is 153 cm³/mol. The molecule has 0 aliphatic rings. The Kier molecular flexibility index (Phi) is 13.6. The standard InChI is InChI=1S/C29H48N2O5Si/c1-8-32-22-34-27-16-12-10-14-24(27)18-30-20-26(21-36-37(6,7)29(3,4)5)31-19-25-15-11-13-17-28(25)35-23-33-9-2/h10-17,26,30-31H,8-9,18-23H2,1-7H3. The lowest BCUT2D eigenvalue weighted by Crippen LogP contribution is -2.48. The molecular weight excluding hydrogens is 484 g/mol. The highest BCUT2D eigenvalue weighted by Crippen LogP contribution is 2.36.